The molecule has 0 saturated carbocycles. The van der Waals surface area contributed by atoms with Crippen molar-refractivity contribution in [3.05, 3.63) is 71.2 Å². The zero-order chi connectivity index (χ0) is 23.0. The van der Waals surface area contributed by atoms with E-state index in [0.29, 0.717) is 23.6 Å². The Morgan fingerprint density at radius 1 is 1.22 bits per heavy atom. The van der Waals surface area contributed by atoms with Gasteiger partial charge in [-0.3, -0.25) is 9.52 Å². The SMILES string of the molecule is CCCOc1ccccc1/C=C(\C#N)C(=O)Nc1ccc(S(=O)(=O)Nc2nccs2)cc1. The van der Waals surface area contributed by atoms with Crippen molar-refractivity contribution < 1.29 is 17.9 Å². The predicted molar refractivity (Wildman–Crippen MR) is 124 cm³/mol. The van der Waals surface area contributed by atoms with Crippen molar-refractivity contribution in [3.8, 4) is 11.8 Å². The maximum absolute atomic E-state index is 12.6. The van der Waals surface area contributed by atoms with Gasteiger partial charge in [0.05, 0.1) is 11.5 Å². The number of anilines is 2. The summed E-state index contributed by atoms with van der Waals surface area (Å²) in [6.07, 6.45) is 3.78. The van der Waals surface area contributed by atoms with Crippen molar-refractivity contribution in [1.82, 2.24) is 4.98 Å². The number of carbonyl (C=O) groups excluding carboxylic acids is 1. The van der Waals surface area contributed by atoms with Crippen LogP contribution in [-0.2, 0) is 14.8 Å². The largest absolute Gasteiger partial charge is 0.493 e. The van der Waals surface area contributed by atoms with Crippen LogP contribution in [0.1, 0.15) is 18.9 Å². The predicted octanol–water partition coefficient (Wildman–Crippen LogP) is 4.28. The van der Waals surface area contributed by atoms with Crippen molar-refractivity contribution in [2.45, 2.75) is 18.2 Å². The van der Waals surface area contributed by atoms with E-state index < -0.39 is 15.9 Å². The molecule has 0 unspecified atom stereocenters. The van der Waals surface area contributed by atoms with Crippen molar-refractivity contribution in [1.29, 1.82) is 5.26 Å². The second-order valence-electron chi connectivity index (χ2n) is 6.48. The zero-order valence-electron chi connectivity index (χ0n) is 17.1. The molecule has 8 nitrogen and oxygen atoms in total. The van der Waals surface area contributed by atoms with Crippen LogP contribution in [0.15, 0.2) is 70.6 Å². The number of aromatic nitrogens is 1. The van der Waals surface area contributed by atoms with Gasteiger partial charge in [0.1, 0.15) is 17.4 Å². The van der Waals surface area contributed by atoms with Crippen LogP contribution in [0.25, 0.3) is 6.08 Å². The number of nitriles is 1. The van der Waals surface area contributed by atoms with Gasteiger partial charge < -0.3 is 10.1 Å². The minimum atomic E-state index is -3.80. The molecule has 0 spiro atoms. The summed E-state index contributed by atoms with van der Waals surface area (Å²) in [4.78, 5) is 16.5. The van der Waals surface area contributed by atoms with Crippen LogP contribution in [0.5, 0.6) is 5.75 Å². The number of amides is 1. The molecular weight excluding hydrogens is 448 g/mol. The minimum absolute atomic E-state index is 0.0174. The monoisotopic (exact) mass is 468 g/mol. The van der Waals surface area contributed by atoms with Crippen LogP contribution in [0, 0.1) is 11.3 Å². The number of carbonyl (C=O) groups is 1. The number of hydrogen-bond donors (Lipinski definition) is 2. The Hall–Kier alpha value is -3.68. The summed E-state index contributed by atoms with van der Waals surface area (Å²) >= 11 is 1.16. The molecule has 10 heteroatoms. The second kappa shape index (κ2) is 10.6. The van der Waals surface area contributed by atoms with E-state index in [-0.39, 0.29) is 15.6 Å². The molecule has 0 radical (unpaired) electrons. The molecule has 2 N–H and O–H groups in total. The van der Waals surface area contributed by atoms with Gasteiger partial charge in [-0.25, -0.2) is 13.4 Å². The topological polar surface area (TPSA) is 121 Å². The molecule has 0 saturated heterocycles. The van der Waals surface area contributed by atoms with Crippen LogP contribution >= 0.6 is 11.3 Å². The Morgan fingerprint density at radius 3 is 2.62 bits per heavy atom. The smallest absolute Gasteiger partial charge is 0.266 e. The highest BCUT2D eigenvalue weighted by Gasteiger charge is 2.16. The summed E-state index contributed by atoms with van der Waals surface area (Å²) in [7, 11) is -3.80. The summed E-state index contributed by atoms with van der Waals surface area (Å²) in [5.41, 5.74) is 0.849. The lowest BCUT2D eigenvalue weighted by Crippen LogP contribution is -2.15. The third-order valence-corrected chi connectivity index (χ3v) is 6.29. The lowest BCUT2D eigenvalue weighted by molar-refractivity contribution is -0.112. The average Bonchev–Trinajstić information content (AvgIpc) is 3.29. The first kappa shape index (κ1) is 23.0. The van der Waals surface area contributed by atoms with Crippen LogP contribution < -0.4 is 14.8 Å². The number of thiazole rings is 1. The maximum Gasteiger partial charge on any atom is 0.266 e. The number of nitrogens with zero attached hydrogens (tertiary/aromatic N) is 2. The molecule has 3 aromatic rings. The summed E-state index contributed by atoms with van der Waals surface area (Å²) in [5, 5.41) is 14.0. The van der Waals surface area contributed by atoms with Gasteiger partial charge in [-0.05, 0) is 42.8 Å². The van der Waals surface area contributed by atoms with E-state index in [1.54, 1.807) is 23.6 Å². The van der Waals surface area contributed by atoms with Crippen LogP contribution in [-0.4, -0.2) is 25.9 Å². The van der Waals surface area contributed by atoms with Gasteiger partial charge in [0.2, 0.25) is 0 Å². The third kappa shape index (κ3) is 5.94. The van der Waals surface area contributed by atoms with Gasteiger partial charge in [0.15, 0.2) is 5.13 Å². The van der Waals surface area contributed by atoms with Crippen molar-refractivity contribution in [3.63, 3.8) is 0 Å². The van der Waals surface area contributed by atoms with Gasteiger partial charge in [-0.15, -0.1) is 11.3 Å². The molecule has 2 aromatic carbocycles. The molecule has 164 valence electrons. The minimum Gasteiger partial charge on any atom is -0.493 e. The number of hydrogen-bond acceptors (Lipinski definition) is 7. The van der Waals surface area contributed by atoms with Gasteiger partial charge in [0.25, 0.3) is 15.9 Å². The molecule has 1 heterocycles. The highest BCUT2D eigenvalue weighted by Crippen LogP contribution is 2.23. The number of ether oxygens (including phenoxy) is 1. The molecule has 0 fully saturated rings. The Bertz CT molecular complexity index is 1250. The van der Waals surface area contributed by atoms with E-state index in [0.717, 1.165) is 17.8 Å². The summed E-state index contributed by atoms with van der Waals surface area (Å²) in [6.45, 7) is 2.50. The van der Waals surface area contributed by atoms with Gasteiger partial charge in [-0.2, -0.15) is 5.26 Å². The summed E-state index contributed by atoms with van der Waals surface area (Å²) in [6, 6.07) is 14.6. The first-order valence-electron chi connectivity index (χ1n) is 9.60. The quantitative estimate of drug-likeness (QED) is 0.357. The van der Waals surface area contributed by atoms with Crippen molar-refractivity contribution in [2.24, 2.45) is 0 Å². The Morgan fingerprint density at radius 2 is 1.97 bits per heavy atom. The van der Waals surface area contributed by atoms with Gasteiger partial charge in [-0.1, -0.05) is 25.1 Å². The van der Waals surface area contributed by atoms with E-state index in [9.17, 15) is 18.5 Å². The normalized spacial score (nSPS) is 11.4. The standard InChI is InChI=1S/C22H20N4O4S2/c1-2-12-30-20-6-4-3-5-16(20)14-17(15-23)21(27)25-18-7-9-19(10-8-18)32(28,29)26-22-24-11-13-31-22/h3-11,13-14H,2,12H2,1H3,(H,24,26)(H,25,27)/b17-14+. The Kier molecular flexibility index (Phi) is 7.59. The molecule has 32 heavy (non-hydrogen) atoms. The molecular formula is C22H20N4O4S2. The van der Waals surface area contributed by atoms with E-state index in [1.807, 2.05) is 19.1 Å². The molecule has 0 bridgehead atoms. The highest BCUT2D eigenvalue weighted by atomic mass is 32.2. The first-order chi connectivity index (χ1) is 15.4. The highest BCUT2D eigenvalue weighted by molar-refractivity contribution is 7.93. The number of benzene rings is 2. The molecule has 1 aromatic heterocycles. The number of sulfonamides is 1. The average molecular weight is 469 g/mol. The maximum atomic E-state index is 12.6. The molecule has 0 aliphatic heterocycles. The number of nitrogens with one attached hydrogen (secondary N) is 2. The van der Waals surface area contributed by atoms with Crippen LogP contribution in [0.4, 0.5) is 10.8 Å². The lowest BCUT2D eigenvalue weighted by atomic mass is 10.1. The Balaban J connectivity index is 1.73. The number of rotatable bonds is 9. The van der Waals surface area contributed by atoms with E-state index in [1.165, 1.54) is 36.5 Å². The third-order valence-electron chi connectivity index (χ3n) is 4.12. The molecule has 0 atom stereocenters. The van der Waals surface area contributed by atoms with E-state index in [4.69, 9.17) is 4.74 Å². The summed E-state index contributed by atoms with van der Waals surface area (Å²) < 4.78 is 32.8. The second-order valence-corrected chi connectivity index (χ2v) is 9.05. The fourth-order valence-electron chi connectivity index (χ4n) is 2.61. The van der Waals surface area contributed by atoms with E-state index in [2.05, 4.69) is 15.0 Å². The van der Waals surface area contributed by atoms with Crippen LogP contribution in [0.3, 0.4) is 0 Å². The van der Waals surface area contributed by atoms with E-state index >= 15 is 0 Å². The van der Waals surface area contributed by atoms with Gasteiger partial charge in [0, 0.05) is 22.8 Å². The van der Waals surface area contributed by atoms with Crippen molar-refractivity contribution >= 4 is 44.2 Å². The first-order valence-corrected chi connectivity index (χ1v) is 12.0. The fourth-order valence-corrected chi connectivity index (χ4v) is 4.40. The fraction of sp³-hybridized carbons (Fsp3) is 0.136. The lowest BCUT2D eigenvalue weighted by Gasteiger charge is -2.09. The number of para-hydroxylation sites is 1. The van der Waals surface area contributed by atoms with Gasteiger partial charge >= 0.3 is 0 Å². The molecule has 3 rings (SSSR count). The van der Waals surface area contributed by atoms with Crippen LogP contribution in [0.2, 0.25) is 0 Å². The molecule has 0 aliphatic rings. The van der Waals surface area contributed by atoms with Crippen molar-refractivity contribution in [2.75, 3.05) is 16.6 Å². The zero-order valence-corrected chi connectivity index (χ0v) is 18.7. The molecule has 0 aliphatic carbocycles. The molecule has 1 amide bonds. The summed E-state index contributed by atoms with van der Waals surface area (Å²) in [5.74, 6) is -0.0356. The Labute approximate surface area is 190 Å².